The highest BCUT2D eigenvalue weighted by atomic mass is 19.1. The van der Waals surface area contributed by atoms with Crippen molar-refractivity contribution in [3.8, 4) is 16.9 Å². The third kappa shape index (κ3) is 2.07. The summed E-state index contributed by atoms with van der Waals surface area (Å²) in [7, 11) is 1.62. The molecule has 100 valence electrons. The summed E-state index contributed by atoms with van der Waals surface area (Å²) in [6.07, 6.45) is 0. The molecule has 0 bridgehead atoms. The maximum Gasteiger partial charge on any atom is 0.127 e. The van der Waals surface area contributed by atoms with Gasteiger partial charge < -0.3 is 10.5 Å². The molecular formula is C17H14FNO. The molecule has 0 saturated carbocycles. The van der Waals surface area contributed by atoms with Crippen LogP contribution in [-0.2, 0) is 0 Å². The Balaban J connectivity index is 2.31. The van der Waals surface area contributed by atoms with Gasteiger partial charge in [-0.05, 0) is 41.1 Å². The smallest absolute Gasteiger partial charge is 0.127 e. The Labute approximate surface area is 116 Å². The maximum absolute atomic E-state index is 13.4. The Morgan fingerprint density at radius 2 is 1.70 bits per heavy atom. The molecule has 0 fully saturated rings. The van der Waals surface area contributed by atoms with Gasteiger partial charge in [0.25, 0.3) is 0 Å². The van der Waals surface area contributed by atoms with E-state index in [9.17, 15) is 4.39 Å². The van der Waals surface area contributed by atoms with Gasteiger partial charge in [-0.25, -0.2) is 4.39 Å². The van der Waals surface area contributed by atoms with Gasteiger partial charge >= 0.3 is 0 Å². The number of anilines is 1. The molecule has 0 spiro atoms. The van der Waals surface area contributed by atoms with Crippen LogP contribution in [0.5, 0.6) is 5.75 Å². The van der Waals surface area contributed by atoms with Gasteiger partial charge in [0, 0.05) is 16.8 Å². The molecule has 0 heterocycles. The Kier molecular flexibility index (Phi) is 3.03. The lowest BCUT2D eigenvalue weighted by atomic mass is 9.98. The summed E-state index contributed by atoms with van der Waals surface area (Å²) < 4.78 is 18.8. The third-order valence-corrected chi connectivity index (χ3v) is 3.37. The van der Waals surface area contributed by atoms with Crippen molar-refractivity contribution >= 4 is 16.5 Å². The fraction of sp³-hybridized carbons (Fsp3) is 0.0588. The van der Waals surface area contributed by atoms with Crippen LogP contribution in [0.2, 0.25) is 0 Å². The summed E-state index contributed by atoms with van der Waals surface area (Å²) in [6.45, 7) is 0. The van der Waals surface area contributed by atoms with E-state index >= 15 is 0 Å². The number of ether oxygens (including phenoxy) is 1. The SMILES string of the molecule is COc1cc2ccc(F)cc2cc1-c1ccccc1N. The second-order valence-electron chi connectivity index (χ2n) is 4.63. The summed E-state index contributed by atoms with van der Waals surface area (Å²) in [4.78, 5) is 0. The number of para-hydroxylation sites is 1. The van der Waals surface area contributed by atoms with Crippen LogP contribution in [0.15, 0.2) is 54.6 Å². The van der Waals surface area contributed by atoms with Crippen molar-refractivity contribution in [2.45, 2.75) is 0 Å². The molecule has 0 radical (unpaired) electrons. The first-order chi connectivity index (χ1) is 9.69. The van der Waals surface area contributed by atoms with Gasteiger partial charge in [0.05, 0.1) is 7.11 Å². The van der Waals surface area contributed by atoms with Crippen LogP contribution in [0.25, 0.3) is 21.9 Å². The largest absolute Gasteiger partial charge is 0.496 e. The number of halogens is 1. The fourth-order valence-corrected chi connectivity index (χ4v) is 2.37. The van der Waals surface area contributed by atoms with Crippen LogP contribution in [0.4, 0.5) is 10.1 Å². The molecule has 20 heavy (non-hydrogen) atoms. The van der Waals surface area contributed by atoms with Crippen molar-refractivity contribution in [2.75, 3.05) is 12.8 Å². The van der Waals surface area contributed by atoms with Gasteiger partial charge in [0.15, 0.2) is 0 Å². The molecular weight excluding hydrogens is 253 g/mol. The first-order valence-corrected chi connectivity index (χ1v) is 6.31. The first-order valence-electron chi connectivity index (χ1n) is 6.31. The minimum atomic E-state index is -0.255. The molecule has 0 atom stereocenters. The molecule has 3 heteroatoms. The van der Waals surface area contributed by atoms with E-state index in [1.807, 2.05) is 36.4 Å². The Morgan fingerprint density at radius 3 is 2.45 bits per heavy atom. The predicted octanol–water partition coefficient (Wildman–Crippen LogP) is 4.24. The van der Waals surface area contributed by atoms with E-state index in [2.05, 4.69) is 0 Å². The number of hydrogen-bond donors (Lipinski definition) is 1. The van der Waals surface area contributed by atoms with E-state index in [0.29, 0.717) is 5.69 Å². The van der Waals surface area contributed by atoms with Crippen LogP contribution >= 0.6 is 0 Å². The molecule has 3 aromatic carbocycles. The lowest BCUT2D eigenvalue weighted by Crippen LogP contribution is -1.93. The van der Waals surface area contributed by atoms with Crippen molar-refractivity contribution in [2.24, 2.45) is 0 Å². The normalized spacial score (nSPS) is 10.7. The van der Waals surface area contributed by atoms with Gasteiger partial charge in [-0.2, -0.15) is 0 Å². The number of hydrogen-bond acceptors (Lipinski definition) is 2. The summed E-state index contributed by atoms with van der Waals surface area (Å²) >= 11 is 0. The van der Waals surface area contributed by atoms with Gasteiger partial charge in [-0.3, -0.25) is 0 Å². The molecule has 0 aliphatic heterocycles. The average molecular weight is 267 g/mol. The second kappa shape index (κ2) is 4.85. The molecule has 3 rings (SSSR count). The van der Waals surface area contributed by atoms with E-state index in [1.165, 1.54) is 12.1 Å². The molecule has 0 amide bonds. The topological polar surface area (TPSA) is 35.2 Å². The van der Waals surface area contributed by atoms with Crippen molar-refractivity contribution < 1.29 is 9.13 Å². The molecule has 0 aliphatic rings. The number of nitrogens with two attached hydrogens (primary N) is 1. The minimum absolute atomic E-state index is 0.255. The van der Waals surface area contributed by atoms with Crippen LogP contribution in [0.3, 0.4) is 0 Å². The van der Waals surface area contributed by atoms with Gasteiger partial charge in [-0.1, -0.05) is 24.3 Å². The van der Waals surface area contributed by atoms with Crippen LogP contribution in [-0.4, -0.2) is 7.11 Å². The van der Waals surface area contributed by atoms with E-state index in [0.717, 1.165) is 27.6 Å². The average Bonchev–Trinajstić information content (AvgIpc) is 2.46. The highest BCUT2D eigenvalue weighted by Gasteiger charge is 2.10. The molecule has 0 unspecified atom stereocenters. The van der Waals surface area contributed by atoms with Crippen molar-refractivity contribution in [3.05, 3.63) is 60.4 Å². The molecule has 0 aromatic heterocycles. The van der Waals surface area contributed by atoms with E-state index < -0.39 is 0 Å². The molecule has 2 nitrogen and oxygen atoms in total. The number of benzene rings is 3. The molecule has 2 N–H and O–H groups in total. The monoisotopic (exact) mass is 267 g/mol. The van der Waals surface area contributed by atoms with Crippen LogP contribution in [0.1, 0.15) is 0 Å². The number of methoxy groups -OCH3 is 1. The van der Waals surface area contributed by atoms with Crippen molar-refractivity contribution in [1.29, 1.82) is 0 Å². The zero-order valence-electron chi connectivity index (χ0n) is 11.1. The zero-order chi connectivity index (χ0) is 14.1. The van der Waals surface area contributed by atoms with E-state index in [1.54, 1.807) is 13.2 Å². The Bertz CT molecular complexity index is 783. The highest BCUT2D eigenvalue weighted by molar-refractivity contribution is 5.93. The van der Waals surface area contributed by atoms with Crippen molar-refractivity contribution in [3.63, 3.8) is 0 Å². The fourth-order valence-electron chi connectivity index (χ4n) is 2.37. The second-order valence-corrected chi connectivity index (χ2v) is 4.63. The molecule has 0 saturated heterocycles. The predicted molar refractivity (Wildman–Crippen MR) is 80.3 cm³/mol. The highest BCUT2D eigenvalue weighted by Crippen LogP contribution is 2.36. The first kappa shape index (κ1) is 12.5. The lowest BCUT2D eigenvalue weighted by Gasteiger charge is -2.12. The number of nitrogen functional groups attached to an aromatic ring is 1. The van der Waals surface area contributed by atoms with Crippen LogP contribution < -0.4 is 10.5 Å². The third-order valence-electron chi connectivity index (χ3n) is 3.37. The van der Waals surface area contributed by atoms with Gasteiger partial charge in [-0.15, -0.1) is 0 Å². The Hall–Kier alpha value is -2.55. The number of fused-ring (bicyclic) bond motifs is 1. The minimum Gasteiger partial charge on any atom is -0.496 e. The van der Waals surface area contributed by atoms with Gasteiger partial charge in [0.2, 0.25) is 0 Å². The molecule has 0 aliphatic carbocycles. The maximum atomic E-state index is 13.4. The van der Waals surface area contributed by atoms with Gasteiger partial charge in [0.1, 0.15) is 11.6 Å². The standard InChI is InChI=1S/C17H14FNO/c1-20-17-10-11-6-7-13(18)8-12(11)9-15(17)14-4-2-3-5-16(14)19/h2-10H,19H2,1H3. The van der Waals surface area contributed by atoms with Crippen molar-refractivity contribution in [1.82, 2.24) is 0 Å². The van der Waals surface area contributed by atoms with E-state index in [-0.39, 0.29) is 5.82 Å². The lowest BCUT2D eigenvalue weighted by molar-refractivity contribution is 0.417. The summed E-state index contributed by atoms with van der Waals surface area (Å²) in [6, 6.07) is 16.1. The Morgan fingerprint density at radius 1 is 0.900 bits per heavy atom. The summed E-state index contributed by atoms with van der Waals surface area (Å²) in [5.74, 6) is 0.469. The zero-order valence-corrected chi connectivity index (χ0v) is 11.1. The molecule has 3 aromatic rings. The summed E-state index contributed by atoms with van der Waals surface area (Å²) in [5.41, 5.74) is 8.44. The summed E-state index contributed by atoms with van der Waals surface area (Å²) in [5, 5.41) is 1.76. The van der Waals surface area contributed by atoms with Crippen LogP contribution in [0, 0.1) is 5.82 Å². The quantitative estimate of drug-likeness (QED) is 0.705. The number of rotatable bonds is 2. The van der Waals surface area contributed by atoms with E-state index in [4.69, 9.17) is 10.5 Å².